The number of carbonyl (C=O) groups excluding carboxylic acids is 1. The molecule has 1 aromatic carbocycles. The van der Waals surface area contributed by atoms with Gasteiger partial charge in [0.2, 0.25) is 0 Å². The van der Waals surface area contributed by atoms with Gasteiger partial charge in [-0.1, -0.05) is 6.07 Å². The van der Waals surface area contributed by atoms with Crippen LogP contribution in [0.4, 0.5) is 0 Å². The van der Waals surface area contributed by atoms with Crippen LogP contribution in [-0.4, -0.2) is 58.9 Å². The molecule has 4 rings (SSSR count). The summed E-state index contributed by atoms with van der Waals surface area (Å²) in [4.78, 5) is 24.6. The number of aryl methyl sites for hydroxylation is 1. The molecule has 2 atom stereocenters. The average Bonchev–Trinajstić information content (AvgIpc) is 3.08. The van der Waals surface area contributed by atoms with Crippen LogP contribution in [0.2, 0.25) is 0 Å². The Morgan fingerprint density at radius 2 is 1.95 bits per heavy atom. The summed E-state index contributed by atoms with van der Waals surface area (Å²) in [5, 5.41) is 0. The highest BCUT2D eigenvalue weighted by molar-refractivity contribution is 5.94. The molecule has 2 saturated heterocycles. The third-order valence-electron chi connectivity index (χ3n) is 4.80. The zero-order chi connectivity index (χ0) is 14.6. The maximum atomic E-state index is 12.6. The Morgan fingerprint density at radius 3 is 2.67 bits per heavy atom. The molecule has 0 radical (unpaired) electrons. The summed E-state index contributed by atoms with van der Waals surface area (Å²) in [6, 6.07) is 6.03. The van der Waals surface area contributed by atoms with Gasteiger partial charge in [-0.3, -0.25) is 4.79 Å². The van der Waals surface area contributed by atoms with Crippen molar-refractivity contribution >= 4 is 16.9 Å². The topological polar surface area (TPSA) is 52.2 Å². The van der Waals surface area contributed by atoms with Gasteiger partial charge in [0.1, 0.15) is 0 Å². The standard InChI is InChI=1S/C16H20N4O/c1-10-3-4-13-14(5-10)18-15(17-13)16(21)20-8-11-6-19(2)7-12(11)9-20/h3-5,11-12H,6-9H2,1-2H3,(H,17,18)/t11-,12+. The molecule has 0 spiro atoms. The zero-order valence-corrected chi connectivity index (χ0v) is 12.5. The van der Waals surface area contributed by atoms with Crippen molar-refractivity contribution in [3.63, 3.8) is 0 Å². The Labute approximate surface area is 123 Å². The van der Waals surface area contributed by atoms with Gasteiger partial charge in [-0.2, -0.15) is 0 Å². The Balaban J connectivity index is 1.57. The highest BCUT2D eigenvalue weighted by Crippen LogP contribution is 2.30. The van der Waals surface area contributed by atoms with Gasteiger partial charge in [-0.15, -0.1) is 0 Å². The number of H-pyrrole nitrogens is 1. The maximum absolute atomic E-state index is 12.6. The molecule has 0 saturated carbocycles. The van der Waals surface area contributed by atoms with Crippen molar-refractivity contribution in [1.82, 2.24) is 19.8 Å². The first-order chi connectivity index (χ1) is 10.1. The molecule has 0 unspecified atom stereocenters. The summed E-state index contributed by atoms with van der Waals surface area (Å²) in [5.74, 6) is 1.78. The van der Waals surface area contributed by atoms with Crippen LogP contribution < -0.4 is 0 Å². The summed E-state index contributed by atoms with van der Waals surface area (Å²) >= 11 is 0. The van der Waals surface area contributed by atoms with Crippen LogP contribution in [0.15, 0.2) is 18.2 Å². The van der Waals surface area contributed by atoms with Crippen molar-refractivity contribution in [2.75, 3.05) is 33.2 Å². The Hall–Kier alpha value is -1.88. The molecule has 2 fully saturated rings. The fraction of sp³-hybridized carbons (Fsp3) is 0.500. The number of nitrogens with zero attached hydrogens (tertiary/aromatic N) is 3. The van der Waals surface area contributed by atoms with E-state index < -0.39 is 0 Å². The maximum Gasteiger partial charge on any atom is 0.289 e. The van der Waals surface area contributed by atoms with Gasteiger partial charge < -0.3 is 14.8 Å². The number of aromatic nitrogens is 2. The van der Waals surface area contributed by atoms with Crippen LogP contribution in [0.25, 0.3) is 11.0 Å². The van der Waals surface area contributed by atoms with Crippen LogP contribution in [0.1, 0.15) is 16.2 Å². The number of amides is 1. The third-order valence-corrected chi connectivity index (χ3v) is 4.80. The van der Waals surface area contributed by atoms with E-state index in [-0.39, 0.29) is 5.91 Å². The first-order valence-electron chi connectivity index (χ1n) is 7.54. The summed E-state index contributed by atoms with van der Waals surface area (Å²) < 4.78 is 0. The van der Waals surface area contributed by atoms with E-state index >= 15 is 0 Å². The van der Waals surface area contributed by atoms with E-state index in [0.717, 1.165) is 42.8 Å². The SMILES string of the molecule is Cc1ccc2[nH]c(C(=O)N3C[C@H]4CN(C)C[C@H]4C3)nc2c1. The first-order valence-corrected chi connectivity index (χ1v) is 7.54. The Bertz CT molecular complexity index is 693. The average molecular weight is 284 g/mol. The molecule has 2 aromatic rings. The lowest BCUT2D eigenvalue weighted by Gasteiger charge is -2.18. The number of nitrogens with one attached hydrogen (secondary N) is 1. The smallest absolute Gasteiger partial charge is 0.289 e. The molecule has 1 aromatic heterocycles. The van der Waals surface area contributed by atoms with E-state index in [1.54, 1.807) is 0 Å². The van der Waals surface area contributed by atoms with Crippen LogP contribution in [0.3, 0.4) is 0 Å². The highest BCUT2D eigenvalue weighted by Gasteiger charge is 2.41. The molecular weight excluding hydrogens is 264 g/mol. The van der Waals surface area contributed by atoms with Gasteiger partial charge in [0.05, 0.1) is 11.0 Å². The molecule has 0 aliphatic carbocycles. The lowest BCUT2D eigenvalue weighted by Crippen LogP contribution is -2.32. The van der Waals surface area contributed by atoms with Crippen molar-refractivity contribution in [2.24, 2.45) is 11.8 Å². The molecule has 110 valence electrons. The predicted molar refractivity (Wildman–Crippen MR) is 81.2 cm³/mol. The number of aromatic amines is 1. The summed E-state index contributed by atoms with van der Waals surface area (Å²) in [5.41, 5.74) is 2.97. The van der Waals surface area contributed by atoms with Crippen molar-refractivity contribution < 1.29 is 4.79 Å². The number of fused-ring (bicyclic) bond motifs is 2. The second-order valence-corrected chi connectivity index (χ2v) is 6.56. The largest absolute Gasteiger partial charge is 0.335 e. The van der Waals surface area contributed by atoms with Crippen molar-refractivity contribution in [3.05, 3.63) is 29.6 Å². The fourth-order valence-electron chi connectivity index (χ4n) is 3.76. The first kappa shape index (κ1) is 12.8. The number of rotatable bonds is 1. The van der Waals surface area contributed by atoms with Crippen molar-refractivity contribution in [1.29, 1.82) is 0 Å². The lowest BCUT2D eigenvalue weighted by atomic mass is 10.0. The van der Waals surface area contributed by atoms with Gasteiger partial charge >= 0.3 is 0 Å². The minimum atomic E-state index is 0.0425. The summed E-state index contributed by atoms with van der Waals surface area (Å²) in [6.07, 6.45) is 0. The second kappa shape index (κ2) is 4.56. The van der Waals surface area contributed by atoms with Crippen molar-refractivity contribution in [3.8, 4) is 0 Å². The van der Waals surface area contributed by atoms with Crippen LogP contribution in [-0.2, 0) is 0 Å². The molecule has 2 aliphatic heterocycles. The Morgan fingerprint density at radius 1 is 1.24 bits per heavy atom. The normalized spacial score (nSPS) is 25.7. The monoisotopic (exact) mass is 284 g/mol. The number of hydrogen-bond acceptors (Lipinski definition) is 3. The molecule has 3 heterocycles. The van der Waals surface area contributed by atoms with Gasteiger partial charge in [0.25, 0.3) is 5.91 Å². The molecular formula is C16H20N4O. The van der Waals surface area contributed by atoms with Crippen LogP contribution in [0.5, 0.6) is 0 Å². The third kappa shape index (κ3) is 2.12. The van der Waals surface area contributed by atoms with Gasteiger partial charge in [-0.05, 0) is 43.5 Å². The van der Waals surface area contributed by atoms with Gasteiger partial charge in [0.15, 0.2) is 5.82 Å². The zero-order valence-electron chi connectivity index (χ0n) is 12.5. The van der Waals surface area contributed by atoms with E-state index in [0.29, 0.717) is 17.7 Å². The van der Waals surface area contributed by atoms with E-state index in [4.69, 9.17) is 0 Å². The lowest BCUT2D eigenvalue weighted by molar-refractivity contribution is 0.0765. The highest BCUT2D eigenvalue weighted by atomic mass is 16.2. The summed E-state index contributed by atoms with van der Waals surface area (Å²) in [6.45, 7) is 5.98. The number of benzene rings is 1. The molecule has 2 aliphatic rings. The number of likely N-dealkylation sites (tertiary alicyclic amines) is 2. The van der Waals surface area contributed by atoms with E-state index in [1.807, 2.05) is 30.0 Å². The Kier molecular flexibility index (Phi) is 2.79. The van der Waals surface area contributed by atoms with E-state index in [9.17, 15) is 4.79 Å². The molecule has 0 bridgehead atoms. The minimum Gasteiger partial charge on any atom is -0.335 e. The number of carbonyl (C=O) groups is 1. The second-order valence-electron chi connectivity index (χ2n) is 6.56. The number of hydrogen-bond donors (Lipinski definition) is 1. The summed E-state index contributed by atoms with van der Waals surface area (Å²) in [7, 11) is 2.16. The molecule has 5 heteroatoms. The minimum absolute atomic E-state index is 0.0425. The van der Waals surface area contributed by atoms with Crippen LogP contribution in [0, 0.1) is 18.8 Å². The molecule has 5 nitrogen and oxygen atoms in total. The van der Waals surface area contributed by atoms with E-state index in [1.165, 1.54) is 0 Å². The van der Waals surface area contributed by atoms with E-state index in [2.05, 4.69) is 21.9 Å². The van der Waals surface area contributed by atoms with Crippen molar-refractivity contribution in [2.45, 2.75) is 6.92 Å². The number of imidazole rings is 1. The van der Waals surface area contributed by atoms with Gasteiger partial charge in [-0.25, -0.2) is 4.98 Å². The quantitative estimate of drug-likeness (QED) is 0.863. The predicted octanol–water partition coefficient (Wildman–Crippen LogP) is 1.50. The molecule has 1 amide bonds. The molecule has 1 N–H and O–H groups in total. The van der Waals surface area contributed by atoms with Gasteiger partial charge in [0, 0.05) is 26.2 Å². The fourth-order valence-corrected chi connectivity index (χ4v) is 3.76. The van der Waals surface area contributed by atoms with Crippen LogP contribution >= 0.6 is 0 Å². The molecule has 21 heavy (non-hydrogen) atoms.